The SMILES string of the molecule is O=C(CN(c1ccc(Cl)cc1)S(=O)(=O)c1ccccc1)NCCC[C@@H]1CCCCC12OCCO2. The Morgan fingerprint density at radius 2 is 1.76 bits per heavy atom. The number of rotatable bonds is 9. The summed E-state index contributed by atoms with van der Waals surface area (Å²) in [7, 11) is -3.93. The highest BCUT2D eigenvalue weighted by Gasteiger charge is 2.45. The van der Waals surface area contributed by atoms with Crippen molar-refractivity contribution in [3.8, 4) is 0 Å². The van der Waals surface area contributed by atoms with Crippen molar-refractivity contribution in [1.29, 1.82) is 0 Å². The molecule has 9 heteroatoms. The zero-order valence-electron chi connectivity index (χ0n) is 19.1. The highest BCUT2D eigenvalue weighted by Crippen LogP contribution is 2.42. The number of halogens is 1. The molecule has 2 fully saturated rings. The standard InChI is InChI=1S/C25H31ClN2O5S/c26-21-11-13-22(14-12-21)28(34(30,31)23-9-2-1-3-10-23)19-24(29)27-16-6-8-20-7-4-5-15-25(20)32-17-18-33-25/h1-3,9-14,20H,4-8,15-19H2,(H,27,29)/t20-/m0/s1. The van der Waals surface area contributed by atoms with Gasteiger partial charge in [0.1, 0.15) is 6.54 Å². The predicted molar refractivity (Wildman–Crippen MR) is 131 cm³/mol. The van der Waals surface area contributed by atoms with E-state index in [-0.39, 0.29) is 17.3 Å². The maximum absolute atomic E-state index is 13.3. The molecule has 1 aliphatic carbocycles. The van der Waals surface area contributed by atoms with Gasteiger partial charge in [0.25, 0.3) is 10.0 Å². The summed E-state index contributed by atoms with van der Waals surface area (Å²) in [6.07, 6.45) is 5.94. The lowest BCUT2D eigenvalue weighted by Crippen LogP contribution is -2.43. The fourth-order valence-corrected chi connectivity index (χ4v) is 6.37. The molecule has 1 atom stereocenters. The number of benzene rings is 2. The van der Waals surface area contributed by atoms with Crippen molar-refractivity contribution >= 4 is 33.2 Å². The summed E-state index contributed by atoms with van der Waals surface area (Å²) in [5.74, 6) is -0.483. The molecule has 1 aliphatic heterocycles. The van der Waals surface area contributed by atoms with E-state index >= 15 is 0 Å². The number of anilines is 1. The molecular weight excluding hydrogens is 476 g/mol. The van der Waals surface area contributed by atoms with Crippen LogP contribution >= 0.6 is 11.6 Å². The van der Waals surface area contributed by atoms with E-state index < -0.39 is 15.8 Å². The maximum atomic E-state index is 13.3. The zero-order valence-corrected chi connectivity index (χ0v) is 20.7. The van der Waals surface area contributed by atoms with Crippen LogP contribution in [0.4, 0.5) is 5.69 Å². The second kappa shape index (κ2) is 11.1. The first-order valence-electron chi connectivity index (χ1n) is 11.8. The van der Waals surface area contributed by atoms with Gasteiger partial charge in [0.05, 0.1) is 23.8 Å². The van der Waals surface area contributed by atoms with Gasteiger partial charge in [-0.25, -0.2) is 8.42 Å². The van der Waals surface area contributed by atoms with Crippen LogP contribution < -0.4 is 9.62 Å². The number of hydrogen-bond donors (Lipinski definition) is 1. The van der Waals surface area contributed by atoms with Gasteiger partial charge in [0.2, 0.25) is 5.91 Å². The molecule has 1 amide bonds. The molecule has 1 heterocycles. The van der Waals surface area contributed by atoms with Gasteiger partial charge in [0, 0.05) is 23.9 Å². The third kappa shape index (κ3) is 5.74. The Labute approximate surface area is 206 Å². The predicted octanol–water partition coefficient (Wildman–Crippen LogP) is 4.37. The summed E-state index contributed by atoms with van der Waals surface area (Å²) in [4.78, 5) is 12.9. The van der Waals surface area contributed by atoms with Crippen LogP contribution in [-0.2, 0) is 24.3 Å². The van der Waals surface area contributed by atoms with Gasteiger partial charge in [-0.15, -0.1) is 0 Å². The molecule has 2 aromatic carbocycles. The van der Waals surface area contributed by atoms with Crippen molar-refractivity contribution in [3.63, 3.8) is 0 Å². The van der Waals surface area contributed by atoms with Crippen LogP contribution in [0.5, 0.6) is 0 Å². The molecule has 0 unspecified atom stereocenters. The maximum Gasteiger partial charge on any atom is 0.264 e. The molecule has 0 bridgehead atoms. The quantitative estimate of drug-likeness (QED) is 0.511. The number of nitrogens with zero attached hydrogens (tertiary/aromatic N) is 1. The molecule has 1 saturated carbocycles. The monoisotopic (exact) mass is 506 g/mol. The summed E-state index contributed by atoms with van der Waals surface area (Å²) in [6.45, 7) is 1.43. The average Bonchev–Trinajstić information content (AvgIpc) is 3.31. The molecule has 7 nitrogen and oxygen atoms in total. The lowest BCUT2D eigenvalue weighted by atomic mass is 9.80. The lowest BCUT2D eigenvalue weighted by Gasteiger charge is -2.39. The minimum atomic E-state index is -3.93. The van der Waals surface area contributed by atoms with Gasteiger partial charge >= 0.3 is 0 Å². The van der Waals surface area contributed by atoms with Crippen molar-refractivity contribution in [2.75, 3.05) is 30.6 Å². The van der Waals surface area contributed by atoms with E-state index in [1.54, 1.807) is 42.5 Å². The summed E-state index contributed by atoms with van der Waals surface area (Å²) in [6, 6.07) is 14.5. The second-order valence-electron chi connectivity index (χ2n) is 8.74. The van der Waals surface area contributed by atoms with Crippen molar-refractivity contribution in [3.05, 3.63) is 59.6 Å². The summed E-state index contributed by atoms with van der Waals surface area (Å²) >= 11 is 5.98. The number of nitrogens with one attached hydrogen (secondary N) is 1. The van der Waals surface area contributed by atoms with E-state index in [2.05, 4.69) is 5.32 Å². The first-order valence-corrected chi connectivity index (χ1v) is 13.6. The molecular formula is C25H31ClN2O5S. The number of carbonyl (C=O) groups is 1. The van der Waals surface area contributed by atoms with Gasteiger partial charge in [-0.2, -0.15) is 0 Å². The molecule has 184 valence electrons. The van der Waals surface area contributed by atoms with Gasteiger partial charge in [-0.3, -0.25) is 9.10 Å². The number of hydrogen-bond acceptors (Lipinski definition) is 5. The Morgan fingerprint density at radius 3 is 2.47 bits per heavy atom. The second-order valence-corrected chi connectivity index (χ2v) is 11.0. The largest absolute Gasteiger partial charge is 0.355 e. The highest BCUT2D eigenvalue weighted by atomic mass is 35.5. The summed E-state index contributed by atoms with van der Waals surface area (Å²) in [5.41, 5.74) is 0.378. The Bertz CT molecular complexity index is 1060. The van der Waals surface area contributed by atoms with E-state index in [4.69, 9.17) is 21.1 Å². The Balaban J connectivity index is 1.37. The first-order chi connectivity index (χ1) is 16.4. The Hall–Kier alpha value is -2.13. The molecule has 1 spiro atoms. The highest BCUT2D eigenvalue weighted by molar-refractivity contribution is 7.92. The van der Waals surface area contributed by atoms with Crippen LogP contribution in [0, 0.1) is 5.92 Å². The normalized spacial score (nSPS) is 19.7. The molecule has 1 saturated heterocycles. The van der Waals surface area contributed by atoms with Gasteiger partial charge in [-0.05, 0) is 62.1 Å². The van der Waals surface area contributed by atoms with Crippen LogP contribution in [-0.4, -0.2) is 46.4 Å². The zero-order chi connectivity index (χ0) is 24.0. The number of carbonyl (C=O) groups excluding carboxylic acids is 1. The van der Waals surface area contributed by atoms with Crippen molar-refractivity contribution in [1.82, 2.24) is 5.32 Å². The molecule has 1 N–H and O–H groups in total. The minimum absolute atomic E-state index is 0.122. The topological polar surface area (TPSA) is 84.9 Å². The number of amides is 1. The summed E-state index contributed by atoms with van der Waals surface area (Å²) in [5, 5.41) is 3.37. The van der Waals surface area contributed by atoms with Crippen LogP contribution in [0.15, 0.2) is 59.5 Å². The number of ether oxygens (including phenoxy) is 2. The molecule has 2 aromatic rings. The van der Waals surface area contributed by atoms with E-state index in [1.807, 2.05) is 0 Å². The van der Waals surface area contributed by atoms with Gasteiger partial charge in [0.15, 0.2) is 5.79 Å². The minimum Gasteiger partial charge on any atom is -0.355 e. The lowest BCUT2D eigenvalue weighted by molar-refractivity contribution is -0.213. The number of sulfonamides is 1. The third-order valence-corrected chi connectivity index (χ3v) is 8.55. The van der Waals surface area contributed by atoms with Crippen LogP contribution in [0.25, 0.3) is 0 Å². The molecule has 0 radical (unpaired) electrons. The average molecular weight is 507 g/mol. The van der Waals surface area contributed by atoms with Crippen molar-refractivity contribution in [2.45, 2.75) is 49.2 Å². The third-order valence-electron chi connectivity index (χ3n) is 6.51. The van der Waals surface area contributed by atoms with Gasteiger partial charge < -0.3 is 14.8 Å². The Morgan fingerprint density at radius 1 is 1.06 bits per heavy atom. The Kier molecular flexibility index (Phi) is 8.14. The van der Waals surface area contributed by atoms with Crippen molar-refractivity contribution < 1.29 is 22.7 Å². The van der Waals surface area contributed by atoms with Crippen LogP contribution in [0.1, 0.15) is 38.5 Å². The molecule has 0 aromatic heterocycles. The summed E-state index contributed by atoms with van der Waals surface area (Å²) < 4.78 is 39.7. The molecule has 34 heavy (non-hydrogen) atoms. The van der Waals surface area contributed by atoms with E-state index in [0.717, 1.165) is 36.4 Å². The van der Waals surface area contributed by atoms with Crippen LogP contribution in [0.2, 0.25) is 5.02 Å². The van der Waals surface area contributed by atoms with Crippen molar-refractivity contribution in [2.24, 2.45) is 5.92 Å². The molecule has 2 aliphatic rings. The molecule has 4 rings (SSSR count). The smallest absolute Gasteiger partial charge is 0.264 e. The fraction of sp³-hybridized carbons (Fsp3) is 0.480. The van der Waals surface area contributed by atoms with E-state index in [1.165, 1.54) is 18.6 Å². The van der Waals surface area contributed by atoms with E-state index in [0.29, 0.717) is 36.4 Å². The van der Waals surface area contributed by atoms with Gasteiger partial charge in [-0.1, -0.05) is 36.2 Å². The fourth-order valence-electron chi connectivity index (χ4n) is 4.81. The van der Waals surface area contributed by atoms with Crippen LogP contribution in [0.3, 0.4) is 0 Å². The first kappa shape index (κ1) is 25.0. The van der Waals surface area contributed by atoms with E-state index in [9.17, 15) is 13.2 Å².